The first-order chi connectivity index (χ1) is 10.5. The Morgan fingerprint density at radius 1 is 1.32 bits per heavy atom. The molecule has 0 bridgehead atoms. The molecule has 2 saturated heterocycles. The largest absolute Gasteiger partial charge is 0.390 e. The number of aromatic nitrogens is 2. The predicted octanol–water partition coefficient (Wildman–Crippen LogP) is -0.791. The lowest BCUT2D eigenvalue weighted by molar-refractivity contribution is -0.174. The summed E-state index contributed by atoms with van der Waals surface area (Å²) in [7, 11) is 0. The van der Waals surface area contributed by atoms with Gasteiger partial charge in [-0.3, -0.25) is 14.6 Å². The van der Waals surface area contributed by atoms with E-state index in [1.54, 1.807) is 4.90 Å². The van der Waals surface area contributed by atoms with Crippen molar-refractivity contribution in [3.05, 3.63) is 32.6 Å². The number of aromatic amines is 2. The second-order valence-corrected chi connectivity index (χ2v) is 5.86. The normalized spacial score (nSPS) is 24.4. The summed E-state index contributed by atoms with van der Waals surface area (Å²) in [5.41, 5.74) is -1.88. The van der Waals surface area contributed by atoms with Gasteiger partial charge in [-0.2, -0.15) is 0 Å². The summed E-state index contributed by atoms with van der Waals surface area (Å²) in [5.74, 6) is -0.386. The van der Waals surface area contributed by atoms with Gasteiger partial charge in [-0.15, -0.1) is 0 Å². The van der Waals surface area contributed by atoms with E-state index >= 15 is 0 Å². The minimum atomic E-state index is -0.699. The first-order valence-electron chi connectivity index (χ1n) is 7.45. The van der Waals surface area contributed by atoms with Gasteiger partial charge in [0.1, 0.15) is 5.69 Å². The van der Waals surface area contributed by atoms with Gasteiger partial charge < -0.3 is 19.7 Å². The number of amides is 1. The van der Waals surface area contributed by atoms with Crippen LogP contribution in [0, 0.1) is 0 Å². The van der Waals surface area contributed by atoms with Gasteiger partial charge in [-0.1, -0.05) is 0 Å². The highest BCUT2D eigenvalue weighted by atomic mass is 16.5. The summed E-state index contributed by atoms with van der Waals surface area (Å²) >= 11 is 0. The average Bonchev–Trinajstić information content (AvgIpc) is 2.49. The van der Waals surface area contributed by atoms with Gasteiger partial charge >= 0.3 is 5.69 Å². The minimum Gasteiger partial charge on any atom is -0.390 e. The number of ether oxygens (including phenoxy) is 1. The fraction of sp³-hybridized carbons (Fsp3) is 0.643. The third-order valence-corrected chi connectivity index (χ3v) is 4.51. The number of piperidine rings is 1. The molecule has 1 aromatic rings. The number of carbonyl (C=O) groups is 1. The van der Waals surface area contributed by atoms with E-state index in [0.29, 0.717) is 32.5 Å². The van der Waals surface area contributed by atoms with Crippen LogP contribution in [-0.4, -0.2) is 57.3 Å². The molecule has 1 spiro atoms. The lowest BCUT2D eigenvalue weighted by Crippen LogP contribution is -2.56. The molecule has 2 aliphatic rings. The van der Waals surface area contributed by atoms with Crippen LogP contribution in [0.1, 0.15) is 36.2 Å². The molecule has 3 N–H and O–H groups in total. The molecule has 2 fully saturated rings. The van der Waals surface area contributed by atoms with Gasteiger partial charge in [0.15, 0.2) is 0 Å². The Morgan fingerprint density at radius 3 is 2.68 bits per heavy atom. The van der Waals surface area contributed by atoms with Crippen molar-refractivity contribution in [1.29, 1.82) is 0 Å². The number of carbonyl (C=O) groups excluding carboxylic acids is 1. The Labute approximate surface area is 126 Å². The monoisotopic (exact) mass is 309 g/mol. The molecule has 3 heterocycles. The van der Waals surface area contributed by atoms with Crippen molar-refractivity contribution in [2.24, 2.45) is 0 Å². The van der Waals surface area contributed by atoms with Crippen molar-refractivity contribution in [3.8, 4) is 0 Å². The standard InChI is InChI=1S/C14H19N3O5/c18-10-2-1-7-22-14(10)3-5-17(6-4-14)12(20)9-8-11(19)16-13(21)15-9/h8,10,18H,1-7H2,(H2,15,16,19,21)/t10-/m1/s1. The zero-order valence-electron chi connectivity index (χ0n) is 12.1. The van der Waals surface area contributed by atoms with Crippen molar-refractivity contribution in [2.45, 2.75) is 37.4 Å². The summed E-state index contributed by atoms with van der Waals surface area (Å²) in [6.45, 7) is 1.47. The number of hydrogen-bond donors (Lipinski definition) is 3. The molecule has 8 heteroatoms. The first-order valence-corrected chi connectivity index (χ1v) is 7.45. The highest BCUT2D eigenvalue weighted by molar-refractivity contribution is 5.92. The molecule has 22 heavy (non-hydrogen) atoms. The van der Waals surface area contributed by atoms with Gasteiger partial charge in [0.05, 0.1) is 11.7 Å². The van der Waals surface area contributed by atoms with E-state index in [2.05, 4.69) is 4.98 Å². The lowest BCUT2D eigenvalue weighted by Gasteiger charge is -2.46. The number of likely N-dealkylation sites (tertiary alicyclic amines) is 1. The van der Waals surface area contributed by atoms with Crippen molar-refractivity contribution < 1.29 is 14.6 Å². The molecule has 3 rings (SSSR count). The molecule has 0 unspecified atom stereocenters. The molecule has 120 valence electrons. The third kappa shape index (κ3) is 2.71. The second-order valence-electron chi connectivity index (χ2n) is 5.86. The van der Waals surface area contributed by atoms with Crippen LogP contribution in [0.5, 0.6) is 0 Å². The topological polar surface area (TPSA) is 115 Å². The van der Waals surface area contributed by atoms with Crippen LogP contribution in [0.25, 0.3) is 0 Å². The lowest BCUT2D eigenvalue weighted by atomic mass is 9.82. The number of H-pyrrole nitrogens is 2. The summed E-state index contributed by atoms with van der Waals surface area (Å²) in [5, 5.41) is 10.2. The fourth-order valence-electron chi connectivity index (χ4n) is 3.23. The average molecular weight is 309 g/mol. The molecule has 8 nitrogen and oxygen atoms in total. The number of aliphatic hydroxyl groups is 1. The number of rotatable bonds is 1. The van der Waals surface area contributed by atoms with E-state index in [9.17, 15) is 19.5 Å². The van der Waals surface area contributed by atoms with Crippen molar-refractivity contribution >= 4 is 5.91 Å². The van der Waals surface area contributed by atoms with Crippen LogP contribution < -0.4 is 11.2 Å². The molecular weight excluding hydrogens is 290 g/mol. The second kappa shape index (κ2) is 5.69. The van der Waals surface area contributed by atoms with Crippen LogP contribution in [0.3, 0.4) is 0 Å². The van der Waals surface area contributed by atoms with Crippen LogP contribution in [0.2, 0.25) is 0 Å². The van der Waals surface area contributed by atoms with Gasteiger partial charge in [-0.05, 0) is 25.7 Å². The minimum absolute atomic E-state index is 0.0187. The number of aliphatic hydroxyl groups excluding tert-OH is 1. The van der Waals surface area contributed by atoms with Crippen LogP contribution >= 0.6 is 0 Å². The van der Waals surface area contributed by atoms with E-state index in [-0.39, 0.29) is 11.6 Å². The maximum Gasteiger partial charge on any atom is 0.326 e. The Bertz CT molecular complexity index is 643. The van der Waals surface area contributed by atoms with Gasteiger partial charge in [0.25, 0.3) is 11.5 Å². The quantitative estimate of drug-likeness (QED) is 0.629. The zero-order chi connectivity index (χ0) is 15.7. The Morgan fingerprint density at radius 2 is 2.05 bits per heavy atom. The van der Waals surface area contributed by atoms with Crippen molar-refractivity contribution in [1.82, 2.24) is 14.9 Å². The van der Waals surface area contributed by atoms with E-state index in [4.69, 9.17) is 4.74 Å². The number of nitrogens with one attached hydrogen (secondary N) is 2. The zero-order valence-corrected chi connectivity index (χ0v) is 12.1. The molecule has 1 amide bonds. The van der Waals surface area contributed by atoms with E-state index < -0.39 is 23.0 Å². The van der Waals surface area contributed by atoms with Gasteiger partial charge in [0.2, 0.25) is 0 Å². The van der Waals surface area contributed by atoms with E-state index in [0.717, 1.165) is 18.9 Å². The maximum absolute atomic E-state index is 12.4. The highest BCUT2D eigenvalue weighted by Gasteiger charge is 2.44. The SMILES string of the molecule is O=C(c1cc(=O)[nH]c(=O)[nH]1)N1CCC2(CC1)OCCC[C@H]2O. The molecule has 0 saturated carbocycles. The Kier molecular flexibility index (Phi) is 3.88. The Hall–Kier alpha value is -1.93. The van der Waals surface area contributed by atoms with E-state index in [1.165, 1.54) is 0 Å². The first kappa shape index (κ1) is 15.0. The predicted molar refractivity (Wildman–Crippen MR) is 76.7 cm³/mol. The maximum atomic E-state index is 12.4. The van der Waals surface area contributed by atoms with Crippen molar-refractivity contribution in [2.75, 3.05) is 19.7 Å². The molecular formula is C14H19N3O5. The fourth-order valence-corrected chi connectivity index (χ4v) is 3.23. The van der Waals surface area contributed by atoms with Crippen LogP contribution in [0.15, 0.2) is 15.7 Å². The van der Waals surface area contributed by atoms with Crippen LogP contribution in [-0.2, 0) is 4.74 Å². The summed E-state index contributed by atoms with van der Waals surface area (Å²) in [4.78, 5) is 40.8. The van der Waals surface area contributed by atoms with Crippen molar-refractivity contribution in [3.63, 3.8) is 0 Å². The highest BCUT2D eigenvalue weighted by Crippen LogP contribution is 2.35. The molecule has 0 aromatic carbocycles. The summed E-state index contributed by atoms with van der Waals surface area (Å²) in [6, 6.07) is 1.08. The van der Waals surface area contributed by atoms with E-state index in [1.807, 2.05) is 4.98 Å². The smallest absolute Gasteiger partial charge is 0.326 e. The van der Waals surface area contributed by atoms with Gasteiger partial charge in [0, 0.05) is 25.8 Å². The molecule has 1 atom stereocenters. The Balaban J connectivity index is 1.72. The van der Waals surface area contributed by atoms with Crippen LogP contribution in [0.4, 0.5) is 0 Å². The summed E-state index contributed by atoms with van der Waals surface area (Å²) < 4.78 is 5.79. The number of nitrogens with zero attached hydrogens (tertiary/aromatic N) is 1. The molecule has 1 aromatic heterocycles. The number of hydrogen-bond acceptors (Lipinski definition) is 5. The third-order valence-electron chi connectivity index (χ3n) is 4.51. The van der Waals surface area contributed by atoms with Gasteiger partial charge in [-0.25, -0.2) is 4.79 Å². The molecule has 2 aliphatic heterocycles. The molecule has 0 aliphatic carbocycles. The molecule has 0 radical (unpaired) electrons. The summed E-state index contributed by atoms with van der Waals surface area (Å²) in [6.07, 6.45) is 2.16.